The molecule has 5 heteroatoms. The number of nitrogens with zero attached hydrogens (tertiary/aromatic N) is 3. The fraction of sp³-hybridized carbons (Fsp3) is 0.231. The fourth-order valence-corrected chi connectivity index (χ4v) is 4.51. The van der Waals surface area contributed by atoms with Crippen molar-refractivity contribution in [3.63, 3.8) is 0 Å². The number of anilines is 1. The lowest BCUT2D eigenvalue weighted by Crippen LogP contribution is -2.25. The van der Waals surface area contributed by atoms with Gasteiger partial charge in [0, 0.05) is 25.4 Å². The van der Waals surface area contributed by atoms with Crippen LogP contribution in [0.2, 0.25) is 0 Å². The summed E-state index contributed by atoms with van der Waals surface area (Å²) in [5.41, 5.74) is 3.69. The maximum atomic E-state index is 14.3. The first kappa shape index (κ1) is 19.5. The molecule has 0 saturated carbocycles. The van der Waals surface area contributed by atoms with Crippen molar-refractivity contribution in [2.45, 2.75) is 31.7 Å². The van der Waals surface area contributed by atoms with Crippen molar-refractivity contribution >= 4 is 22.6 Å². The van der Waals surface area contributed by atoms with Crippen LogP contribution in [0.4, 0.5) is 10.1 Å². The van der Waals surface area contributed by atoms with Crippen LogP contribution in [0, 0.1) is 5.82 Å². The summed E-state index contributed by atoms with van der Waals surface area (Å²) < 4.78 is 16.6. The molecule has 0 N–H and O–H groups in total. The lowest BCUT2D eigenvalue weighted by Gasteiger charge is -2.18. The number of aryl methyl sites for hydroxylation is 2. The van der Waals surface area contributed by atoms with Crippen molar-refractivity contribution in [2.24, 2.45) is 0 Å². The van der Waals surface area contributed by atoms with Gasteiger partial charge in [-0.2, -0.15) is 0 Å². The predicted molar refractivity (Wildman–Crippen MR) is 121 cm³/mol. The normalized spacial score (nSPS) is 16.4. The molecular weight excluding hydrogens is 389 g/mol. The molecule has 4 nitrogen and oxygen atoms in total. The molecule has 1 saturated heterocycles. The number of carbonyl (C=O) groups is 1. The van der Waals surface area contributed by atoms with E-state index in [9.17, 15) is 9.18 Å². The molecule has 1 unspecified atom stereocenters. The van der Waals surface area contributed by atoms with Crippen LogP contribution in [0.1, 0.15) is 30.1 Å². The Morgan fingerprint density at radius 1 is 0.935 bits per heavy atom. The topological polar surface area (TPSA) is 38.1 Å². The van der Waals surface area contributed by atoms with Gasteiger partial charge in [-0.05, 0) is 42.7 Å². The smallest absolute Gasteiger partial charge is 0.227 e. The van der Waals surface area contributed by atoms with Gasteiger partial charge >= 0.3 is 0 Å². The Balaban J connectivity index is 1.42. The van der Waals surface area contributed by atoms with Crippen molar-refractivity contribution in [2.75, 3.05) is 11.4 Å². The molecule has 2 heterocycles. The highest BCUT2D eigenvalue weighted by Crippen LogP contribution is 2.34. The molecule has 0 bridgehead atoms. The minimum absolute atomic E-state index is 0.0574. The van der Waals surface area contributed by atoms with Crippen LogP contribution >= 0.6 is 0 Å². The van der Waals surface area contributed by atoms with Gasteiger partial charge in [0.05, 0.1) is 16.7 Å². The van der Waals surface area contributed by atoms with E-state index in [4.69, 9.17) is 4.98 Å². The van der Waals surface area contributed by atoms with Gasteiger partial charge in [0.15, 0.2) is 0 Å². The Morgan fingerprint density at radius 3 is 2.52 bits per heavy atom. The fourth-order valence-electron chi connectivity index (χ4n) is 4.51. The monoisotopic (exact) mass is 413 g/mol. The number of hydrogen-bond acceptors (Lipinski definition) is 2. The van der Waals surface area contributed by atoms with Gasteiger partial charge < -0.3 is 9.47 Å². The van der Waals surface area contributed by atoms with Crippen molar-refractivity contribution in [3.8, 4) is 0 Å². The van der Waals surface area contributed by atoms with Crippen LogP contribution in [0.3, 0.4) is 0 Å². The first-order valence-corrected chi connectivity index (χ1v) is 10.7. The molecule has 1 aliphatic heterocycles. The first-order chi connectivity index (χ1) is 15.2. The molecule has 156 valence electrons. The summed E-state index contributed by atoms with van der Waals surface area (Å²) >= 11 is 0. The second-order valence-electron chi connectivity index (χ2n) is 8.06. The zero-order chi connectivity index (χ0) is 21.2. The molecule has 1 aliphatic rings. The number of hydrogen-bond donors (Lipinski definition) is 0. The molecule has 0 radical (unpaired) electrons. The number of para-hydroxylation sites is 3. The van der Waals surface area contributed by atoms with E-state index in [1.807, 2.05) is 24.3 Å². The largest absolute Gasteiger partial charge is 0.328 e. The van der Waals surface area contributed by atoms with E-state index < -0.39 is 0 Å². The number of imidazole rings is 1. The molecule has 4 aromatic rings. The van der Waals surface area contributed by atoms with E-state index >= 15 is 0 Å². The van der Waals surface area contributed by atoms with Crippen LogP contribution in [0.25, 0.3) is 11.0 Å². The molecule has 1 atom stereocenters. The van der Waals surface area contributed by atoms with Gasteiger partial charge in [0.2, 0.25) is 5.91 Å². The van der Waals surface area contributed by atoms with E-state index in [0.29, 0.717) is 18.7 Å². The van der Waals surface area contributed by atoms with E-state index in [1.54, 1.807) is 23.1 Å². The van der Waals surface area contributed by atoms with E-state index in [2.05, 4.69) is 34.9 Å². The Labute approximate surface area is 181 Å². The molecule has 3 aromatic carbocycles. The number of rotatable bonds is 6. The number of amides is 1. The van der Waals surface area contributed by atoms with Crippen LogP contribution < -0.4 is 4.90 Å². The van der Waals surface area contributed by atoms with Gasteiger partial charge in [-0.15, -0.1) is 0 Å². The van der Waals surface area contributed by atoms with Gasteiger partial charge in [0.1, 0.15) is 11.6 Å². The minimum Gasteiger partial charge on any atom is -0.328 e. The van der Waals surface area contributed by atoms with Crippen LogP contribution in [-0.4, -0.2) is 22.0 Å². The van der Waals surface area contributed by atoms with Crippen LogP contribution in [0.15, 0.2) is 78.9 Å². The lowest BCUT2D eigenvalue weighted by atomic mass is 10.1. The van der Waals surface area contributed by atoms with Crippen LogP contribution in [0.5, 0.6) is 0 Å². The summed E-state index contributed by atoms with van der Waals surface area (Å²) in [4.78, 5) is 19.2. The number of halogens is 1. The van der Waals surface area contributed by atoms with Gasteiger partial charge in [-0.3, -0.25) is 4.79 Å². The highest BCUT2D eigenvalue weighted by atomic mass is 19.1. The Morgan fingerprint density at radius 2 is 1.68 bits per heavy atom. The zero-order valence-corrected chi connectivity index (χ0v) is 17.2. The number of carbonyl (C=O) groups excluding carboxylic acids is 1. The lowest BCUT2D eigenvalue weighted by molar-refractivity contribution is -0.117. The Hall–Kier alpha value is -3.47. The van der Waals surface area contributed by atoms with Crippen molar-refractivity contribution in [1.29, 1.82) is 0 Å². The summed E-state index contributed by atoms with van der Waals surface area (Å²) in [5, 5.41) is 0. The second kappa shape index (κ2) is 8.34. The molecule has 31 heavy (non-hydrogen) atoms. The van der Waals surface area contributed by atoms with Crippen molar-refractivity contribution < 1.29 is 9.18 Å². The third kappa shape index (κ3) is 3.83. The zero-order valence-electron chi connectivity index (χ0n) is 17.2. The predicted octanol–water partition coefficient (Wildman–Crippen LogP) is 5.33. The number of fused-ring (bicyclic) bond motifs is 1. The summed E-state index contributed by atoms with van der Waals surface area (Å²) in [6.45, 7) is 1.27. The maximum absolute atomic E-state index is 14.3. The third-order valence-electron chi connectivity index (χ3n) is 6.01. The average Bonchev–Trinajstić information content (AvgIpc) is 3.35. The Kier molecular flexibility index (Phi) is 5.24. The standard InChI is InChI=1S/C26H24FN3O/c27-21-12-4-6-14-23(21)30-18-20(17-25(30)31)26-28-22-13-5-7-15-24(22)29(26)16-8-11-19-9-2-1-3-10-19/h1-7,9-10,12-15,20H,8,11,16-18H2. The van der Waals surface area contributed by atoms with Crippen LogP contribution in [-0.2, 0) is 17.8 Å². The first-order valence-electron chi connectivity index (χ1n) is 10.7. The number of benzene rings is 3. The highest BCUT2D eigenvalue weighted by Gasteiger charge is 2.35. The van der Waals surface area contributed by atoms with Gasteiger partial charge in [-0.1, -0.05) is 54.6 Å². The van der Waals surface area contributed by atoms with E-state index in [0.717, 1.165) is 36.2 Å². The quantitative estimate of drug-likeness (QED) is 0.429. The third-order valence-corrected chi connectivity index (χ3v) is 6.01. The molecule has 0 spiro atoms. The highest BCUT2D eigenvalue weighted by molar-refractivity contribution is 5.96. The second-order valence-corrected chi connectivity index (χ2v) is 8.06. The summed E-state index contributed by atoms with van der Waals surface area (Å²) in [7, 11) is 0. The number of aromatic nitrogens is 2. The molecule has 1 aromatic heterocycles. The Bertz CT molecular complexity index is 1220. The van der Waals surface area contributed by atoms with Crippen molar-refractivity contribution in [1.82, 2.24) is 9.55 Å². The average molecular weight is 413 g/mol. The van der Waals surface area contributed by atoms with E-state index in [-0.39, 0.29) is 17.6 Å². The molecule has 1 amide bonds. The SMILES string of the molecule is O=C1CC(c2nc3ccccc3n2CCCc2ccccc2)CN1c1ccccc1F. The van der Waals surface area contributed by atoms with Gasteiger partial charge in [0.25, 0.3) is 0 Å². The van der Waals surface area contributed by atoms with E-state index in [1.165, 1.54) is 11.6 Å². The molecule has 5 rings (SSSR count). The summed E-state index contributed by atoms with van der Waals surface area (Å²) in [6.07, 6.45) is 2.31. The molecular formula is C26H24FN3O. The molecule has 1 fully saturated rings. The maximum Gasteiger partial charge on any atom is 0.227 e. The van der Waals surface area contributed by atoms with Gasteiger partial charge in [-0.25, -0.2) is 9.37 Å². The molecule has 0 aliphatic carbocycles. The van der Waals surface area contributed by atoms with Crippen molar-refractivity contribution in [3.05, 3.63) is 96.1 Å². The summed E-state index contributed by atoms with van der Waals surface area (Å²) in [5.74, 6) is 0.434. The summed E-state index contributed by atoms with van der Waals surface area (Å²) in [6, 6.07) is 25.0. The minimum atomic E-state index is -0.368.